The molecule has 0 unspecified atom stereocenters. The average Bonchev–Trinajstić information content (AvgIpc) is 2.67. The second-order valence-corrected chi connectivity index (χ2v) is 9.08. The number of esters is 1. The molecule has 2 aromatic rings. The van der Waals surface area contributed by atoms with Crippen LogP contribution in [0.25, 0.3) is 5.70 Å². The minimum absolute atomic E-state index is 0.0626. The van der Waals surface area contributed by atoms with E-state index in [4.69, 9.17) is 21.7 Å². The number of rotatable bonds is 8. The summed E-state index contributed by atoms with van der Waals surface area (Å²) in [4.78, 5) is 12.0. The zero-order chi connectivity index (χ0) is 23.2. The third kappa shape index (κ3) is 7.72. The van der Waals surface area contributed by atoms with Crippen molar-refractivity contribution >= 4 is 44.5 Å². The highest BCUT2D eigenvalue weighted by Gasteiger charge is 2.33. The third-order valence-electron chi connectivity index (χ3n) is 3.86. The number of alkyl halides is 3. The van der Waals surface area contributed by atoms with Gasteiger partial charge in [-0.1, -0.05) is 35.9 Å². The van der Waals surface area contributed by atoms with Gasteiger partial charge in [-0.05, 0) is 35.9 Å². The molecule has 0 saturated carbocycles. The Morgan fingerprint density at radius 1 is 1.13 bits per heavy atom. The van der Waals surface area contributed by atoms with Crippen molar-refractivity contribution < 1.29 is 31.1 Å². The van der Waals surface area contributed by atoms with E-state index in [2.05, 4.69) is 5.32 Å². The number of ether oxygens (including phenoxy) is 1. The van der Waals surface area contributed by atoms with Crippen LogP contribution in [0.5, 0.6) is 0 Å². The van der Waals surface area contributed by atoms with Crippen LogP contribution in [-0.4, -0.2) is 44.9 Å². The van der Waals surface area contributed by atoms with Gasteiger partial charge in [0.2, 0.25) is 0 Å². The first-order valence-corrected chi connectivity index (χ1v) is 11.1. The molecule has 0 amide bonds. The average molecular weight is 475 g/mol. The van der Waals surface area contributed by atoms with Crippen molar-refractivity contribution in [2.75, 3.05) is 23.9 Å². The summed E-state index contributed by atoms with van der Waals surface area (Å²) < 4.78 is 65.7. The summed E-state index contributed by atoms with van der Waals surface area (Å²) in [6.07, 6.45) is -3.23. The van der Waals surface area contributed by atoms with E-state index in [1.165, 1.54) is 24.3 Å². The van der Waals surface area contributed by atoms with Gasteiger partial charge in [-0.3, -0.25) is 5.41 Å². The molecule has 2 rings (SSSR count). The highest BCUT2D eigenvalue weighted by molar-refractivity contribution is 7.90. The Hall–Kier alpha value is -2.85. The maximum absolute atomic E-state index is 12.9. The topological polar surface area (TPSA) is 96.3 Å². The molecule has 0 radical (unpaired) electrons. The van der Waals surface area contributed by atoms with Crippen molar-refractivity contribution in [2.45, 2.75) is 6.18 Å². The lowest BCUT2D eigenvalue weighted by atomic mass is 10.1. The molecule has 0 fully saturated rings. The molecule has 11 heteroatoms. The first kappa shape index (κ1) is 24.4. The van der Waals surface area contributed by atoms with Crippen LogP contribution in [0.2, 0.25) is 5.02 Å². The van der Waals surface area contributed by atoms with E-state index >= 15 is 0 Å². The van der Waals surface area contributed by atoms with Crippen molar-refractivity contribution in [2.24, 2.45) is 0 Å². The van der Waals surface area contributed by atoms with Gasteiger partial charge in [0.05, 0.1) is 22.0 Å². The highest BCUT2D eigenvalue weighted by atomic mass is 35.5. The molecule has 0 aromatic heterocycles. The molecule has 0 heterocycles. The Morgan fingerprint density at radius 2 is 1.71 bits per heavy atom. The van der Waals surface area contributed by atoms with Gasteiger partial charge >= 0.3 is 12.1 Å². The Bertz CT molecular complexity index is 1100. The van der Waals surface area contributed by atoms with Crippen LogP contribution >= 0.6 is 11.6 Å². The monoisotopic (exact) mass is 474 g/mol. The summed E-state index contributed by atoms with van der Waals surface area (Å²) in [5, 5.41) is 10.3. The first-order chi connectivity index (χ1) is 14.4. The van der Waals surface area contributed by atoms with E-state index in [1.54, 1.807) is 24.3 Å². The fourth-order valence-corrected chi connectivity index (χ4v) is 2.85. The molecule has 2 aromatic carbocycles. The highest BCUT2D eigenvalue weighted by Crippen LogP contribution is 2.27. The minimum Gasteiger partial charge on any atom is -0.461 e. The van der Waals surface area contributed by atoms with Gasteiger partial charge in [-0.25, -0.2) is 13.2 Å². The van der Waals surface area contributed by atoms with Gasteiger partial charge in [-0.2, -0.15) is 13.2 Å². The molecule has 0 aliphatic rings. The summed E-state index contributed by atoms with van der Waals surface area (Å²) in [6.45, 7) is -0.318. The smallest absolute Gasteiger partial charge is 0.432 e. The van der Waals surface area contributed by atoms with Crippen molar-refractivity contribution in [1.82, 2.24) is 0 Å². The molecule has 166 valence electrons. The Balaban J connectivity index is 2.27. The fourth-order valence-electron chi connectivity index (χ4n) is 2.28. The number of sulfone groups is 1. The van der Waals surface area contributed by atoms with Crippen molar-refractivity contribution in [3.63, 3.8) is 0 Å². The number of carbonyl (C=O) groups is 1. The molecule has 6 nitrogen and oxygen atoms in total. The van der Waals surface area contributed by atoms with Crippen molar-refractivity contribution in [3.05, 3.63) is 70.8 Å². The third-order valence-corrected chi connectivity index (χ3v) is 5.09. The molecule has 2 N–H and O–H groups in total. The van der Waals surface area contributed by atoms with Crippen LogP contribution in [0.1, 0.15) is 15.9 Å². The fraction of sp³-hybridized carbons (Fsp3) is 0.200. The number of hydrogen-bond donors (Lipinski definition) is 2. The molecular formula is C20H18ClF3N2O4S. The summed E-state index contributed by atoms with van der Waals surface area (Å²) in [7, 11) is -3.29. The maximum Gasteiger partial charge on any atom is 0.432 e. The molecule has 31 heavy (non-hydrogen) atoms. The molecule has 0 aliphatic heterocycles. The maximum atomic E-state index is 12.9. The number of anilines is 1. The molecule has 0 atom stereocenters. The first-order valence-electron chi connectivity index (χ1n) is 8.71. The summed E-state index contributed by atoms with van der Waals surface area (Å²) in [5.41, 5.74) is -0.977. The van der Waals surface area contributed by atoms with Gasteiger partial charge < -0.3 is 10.1 Å². The zero-order valence-corrected chi connectivity index (χ0v) is 17.7. The minimum atomic E-state index is -4.85. The Morgan fingerprint density at radius 3 is 2.26 bits per heavy atom. The van der Waals surface area contributed by atoms with Crippen LogP contribution in [0.3, 0.4) is 0 Å². The SMILES string of the molecule is CS(=O)(=O)CCOC(=O)c1ccc(/C(=C/C(=N)C(F)(F)F)Nc2ccccc2Cl)cc1. The number of carbonyl (C=O) groups excluding carboxylic acids is 1. The lowest BCUT2D eigenvalue weighted by molar-refractivity contribution is -0.0583. The van der Waals surface area contributed by atoms with Gasteiger partial charge in [0.1, 0.15) is 12.3 Å². The summed E-state index contributed by atoms with van der Waals surface area (Å²) in [5.74, 6) is -1.10. The van der Waals surface area contributed by atoms with Gasteiger partial charge in [0.15, 0.2) is 9.84 Å². The van der Waals surface area contributed by atoms with Crippen molar-refractivity contribution in [1.29, 1.82) is 5.41 Å². The van der Waals surface area contributed by atoms with Crippen LogP contribution in [0.4, 0.5) is 18.9 Å². The van der Waals surface area contributed by atoms with Crippen LogP contribution in [-0.2, 0) is 14.6 Å². The molecule has 0 bridgehead atoms. The van der Waals surface area contributed by atoms with E-state index in [1.807, 2.05) is 0 Å². The number of halogens is 4. The lowest BCUT2D eigenvalue weighted by Gasteiger charge is -2.15. The van der Waals surface area contributed by atoms with Crippen LogP contribution < -0.4 is 5.32 Å². The predicted octanol–water partition coefficient (Wildman–Crippen LogP) is 4.58. The molecule has 0 spiro atoms. The zero-order valence-electron chi connectivity index (χ0n) is 16.2. The number of benzene rings is 2. The molecule has 0 saturated heterocycles. The standard InChI is InChI=1S/C20H18ClF3N2O4S/c1-31(28,29)11-10-30-19(27)14-8-6-13(7-9-14)17(12-18(25)20(22,23)24)26-16-5-3-2-4-15(16)21/h2-9,12,25-26H,10-11H2,1H3/b17-12-,25-18?. The number of hydrogen-bond acceptors (Lipinski definition) is 6. The summed E-state index contributed by atoms with van der Waals surface area (Å²) in [6, 6.07) is 11.8. The van der Waals surface area contributed by atoms with E-state index < -0.39 is 27.7 Å². The lowest BCUT2D eigenvalue weighted by Crippen LogP contribution is -2.20. The summed E-state index contributed by atoms with van der Waals surface area (Å²) >= 11 is 6.06. The van der Waals surface area contributed by atoms with E-state index in [0.29, 0.717) is 11.8 Å². The molecular weight excluding hydrogens is 457 g/mol. The second kappa shape index (κ2) is 9.97. The van der Waals surface area contributed by atoms with Gasteiger partial charge in [0.25, 0.3) is 0 Å². The van der Waals surface area contributed by atoms with Gasteiger partial charge in [0, 0.05) is 12.0 Å². The van der Waals surface area contributed by atoms with Crippen molar-refractivity contribution in [3.8, 4) is 0 Å². The second-order valence-electron chi connectivity index (χ2n) is 6.42. The largest absolute Gasteiger partial charge is 0.461 e. The predicted molar refractivity (Wildman–Crippen MR) is 113 cm³/mol. The number of para-hydroxylation sites is 1. The van der Waals surface area contributed by atoms with Crippen LogP contribution in [0, 0.1) is 5.41 Å². The van der Waals surface area contributed by atoms with Crippen LogP contribution in [0.15, 0.2) is 54.6 Å². The Kier molecular flexibility index (Phi) is 7.85. The normalized spacial score (nSPS) is 12.4. The van der Waals surface area contributed by atoms with E-state index in [-0.39, 0.29) is 34.2 Å². The molecule has 0 aliphatic carbocycles. The van der Waals surface area contributed by atoms with E-state index in [9.17, 15) is 26.4 Å². The quantitative estimate of drug-likeness (QED) is 0.431. The van der Waals surface area contributed by atoms with Gasteiger partial charge in [-0.15, -0.1) is 0 Å². The Labute approximate surface area is 182 Å². The number of allylic oxidation sites excluding steroid dienone is 1. The van der Waals surface area contributed by atoms with E-state index in [0.717, 1.165) is 6.26 Å². The number of nitrogens with one attached hydrogen (secondary N) is 2.